The normalized spacial score (nSPS) is 10.5. The number of hydrogen-bond donors (Lipinski definition) is 2. The van der Waals surface area contributed by atoms with Crippen molar-refractivity contribution in [3.63, 3.8) is 0 Å². The van der Waals surface area contributed by atoms with Gasteiger partial charge in [-0.25, -0.2) is 9.48 Å². The standard InChI is InChI=1S/C13H16N6O4S2/c1-4-23-12(22)8-6(2)9(10(14)21)25-11(8)15-7(20)5-24-13-16-17-18-19(13)3/h4-5H2,1-3H3,(H2,14,21)(H,15,20). The number of nitrogens with zero attached hydrogens (tertiary/aromatic N) is 4. The van der Waals surface area contributed by atoms with Gasteiger partial charge in [0, 0.05) is 7.05 Å². The lowest BCUT2D eigenvalue weighted by Crippen LogP contribution is -2.17. The number of aryl methyl sites for hydroxylation is 1. The molecule has 25 heavy (non-hydrogen) atoms. The van der Waals surface area contributed by atoms with Crippen LogP contribution in [0.5, 0.6) is 0 Å². The predicted molar refractivity (Wildman–Crippen MR) is 91.7 cm³/mol. The van der Waals surface area contributed by atoms with Gasteiger partial charge in [-0.1, -0.05) is 11.8 Å². The number of nitrogens with two attached hydrogens (primary N) is 1. The predicted octanol–water partition coefficient (Wildman–Crippen LogP) is 0.586. The number of tetrazole rings is 1. The first-order valence-corrected chi connectivity index (χ1v) is 8.90. The van der Waals surface area contributed by atoms with Crippen molar-refractivity contribution in [3.8, 4) is 0 Å². The number of rotatable bonds is 7. The summed E-state index contributed by atoms with van der Waals surface area (Å²) in [6.45, 7) is 3.42. The molecule has 2 rings (SSSR count). The molecule has 0 spiro atoms. The highest BCUT2D eigenvalue weighted by molar-refractivity contribution is 7.99. The van der Waals surface area contributed by atoms with Crippen LogP contribution >= 0.6 is 23.1 Å². The summed E-state index contributed by atoms with van der Waals surface area (Å²) in [5.74, 6) is -1.65. The zero-order valence-corrected chi connectivity index (χ0v) is 15.4. The van der Waals surface area contributed by atoms with Crippen LogP contribution in [0, 0.1) is 6.92 Å². The lowest BCUT2D eigenvalue weighted by atomic mass is 10.1. The number of primary amides is 1. The second kappa shape index (κ2) is 8.07. The Hall–Kier alpha value is -2.47. The molecule has 3 N–H and O–H groups in total. The van der Waals surface area contributed by atoms with Crippen molar-refractivity contribution in [1.82, 2.24) is 20.2 Å². The summed E-state index contributed by atoms with van der Waals surface area (Å²) in [6, 6.07) is 0. The number of thiophene rings is 1. The van der Waals surface area contributed by atoms with Crippen molar-refractivity contribution < 1.29 is 19.1 Å². The fourth-order valence-corrected chi connectivity index (χ4v) is 3.64. The van der Waals surface area contributed by atoms with Crippen LogP contribution in [0.3, 0.4) is 0 Å². The Bertz CT molecular complexity index is 816. The molecule has 0 aliphatic carbocycles. The molecule has 2 aromatic rings. The molecule has 12 heteroatoms. The van der Waals surface area contributed by atoms with Crippen LogP contribution in [0.25, 0.3) is 0 Å². The first kappa shape index (κ1) is 18.9. The van der Waals surface area contributed by atoms with Crippen LogP contribution in [0.1, 0.15) is 32.5 Å². The van der Waals surface area contributed by atoms with E-state index in [1.54, 1.807) is 20.9 Å². The molecule has 0 radical (unpaired) electrons. The zero-order chi connectivity index (χ0) is 18.6. The third-order valence-electron chi connectivity index (χ3n) is 3.02. The minimum atomic E-state index is -0.673. The van der Waals surface area contributed by atoms with E-state index in [1.165, 1.54) is 4.68 Å². The van der Waals surface area contributed by atoms with Crippen molar-refractivity contribution in [2.45, 2.75) is 19.0 Å². The van der Waals surface area contributed by atoms with Gasteiger partial charge in [0.2, 0.25) is 11.1 Å². The number of amides is 2. The molecule has 0 aliphatic heterocycles. The van der Waals surface area contributed by atoms with Gasteiger partial charge in [-0.3, -0.25) is 9.59 Å². The molecule has 0 unspecified atom stereocenters. The third-order valence-corrected chi connectivity index (χ3v) is 5.25. The number of hydrogen-bond acceptors (Lipinski definition) is 9. The Morgan fingerprint density at radius 1 is 1.40 bits per heavy atom. The zero-order valence-electron chi connectivity index (χ0n) is 13.7. The highest BCUT2D eigenvalue weighted by Gasteiger charge is 2.25. The molecule has 0 aliphatic rings. The lowest BCUT2D eigenvalue weighted by molar-refractivity contribution is -0.113. The third kappa shape index (κ3) is 4.33. The summed E-state index contributed by atoms with van der Waals surface area (Å²) in [5, 5.41) is 14.2. The average molecular weight is 384 g/mol. The molecular weight excluding hydrogens is 368 g/mol. The van der Waals surface area contributed by atoms with Gasteiger partial charge in [0.15, 0.2) is 0 Å². The number of nitrogens with one attached hydrogen (secondary N) is 1. The molecule has 0 saturated carbocycles. The van der Waals surface area contributed by atoms with E-state index in [0.717, 1.165) is 23.1 Å². The van der Waals surface area contributed by atoms with E-state index in [1.807, 2.05) is 0 Å². The molecule has 2 aromatic heterocycles. The van der Waals surface area contributed by atoms with E-state index in [2.05, 4.69) is 20.8 Å². The molecule has 134 valence electrons. The van der Waals surface area contributed by atoms with Gasteiger partial charge in [0.05, 0.1) is 22.8 Å². The van der Waals surface area contributed by atoms with Crippen LogP contribution in [-0.2, 0) is 16.6 Å². The molecule has 2 heterocycles. The molecule has 0 bridgehead atoms. The van der Waals surface area contributed by atoms with Crippen molar-refractivity contribution >= 4 is 45.9 Å². The van der Waals surface area contributed by atoms with Gasteiger partial charge < -0.3 is 15.8 Å². The molecule has 0 atom stereocenters. The Balaban J connectivity index is 2.18. The van der Waals surface area contributed by atoms with E-state index in [9.17, 15) is 14.4 Å². The van der Waals surface area contributed by atoms with Gasteiger partial charge >= 0.3 is 5.97 Å². The molecule has 0 aromatic carbocycles. The maximum atomic E-state index is 12.2. The van der Waals surface area contributed by atoms with Gasteiger partial charge in [-0.05, 0) is 29.8 Å². The minimum Gasteiger partial charge on any atom is -0.462 e. The summed E-state index contributed by atoms with van der Waals surface area (Å²) in [6.07, 6.45) is 0. The average Bonchev–Trinajstić information content (AvgIpc) is 3.09. The van der Waals surface area contributed by atoms with Crippen LogP contribution in [0.4, 0.5) is 5.00 Å². The van der Waals surface area contributed by atoms with E-state index in [4.69, 9.17) is 10.5 Å². The summed E-state index contributed by atoms with van der Waals surface area (Å²) >= 11 is 2.08. The van der Waals surface area contributed by atoms with Crippen LogP contribution in [0.15, 0.2) is 5.16 Å². The van der Waals surface area contributed by atoms with E-state index in [0.29, 0.717) is 10.7 Å². The fraction of sp³-hybridized carbons (Fsp3) is 0.385. The minimum absolute atomic E-state index is 0.0271. The van der Waals surface area contributed by atoms with Crippen LogP contribution < -0.4 is 11.1 Å². The lowest BCUT2D eigenvalue weighted by Gasteiger charge is -2.06. The van der Waals surface area contributed by atoms with Crippen molar-refractivity contribution in [2.75, 3.05) is 17.7 Å². The van der Waals surface area contributed by atoms with Gasteiger partial charge in [0.1, 0.15) is 5.00 Å². The number of ether oxygens (including phenoxy) is 1. The summed E-state index contributed by atoms with van der Waals surface area (Å²) in [5.41, 5.74) is 5.84. The summed E-state index contributed by atoms with van der Waals surface area (Å²) in [7, 11) is 1.65. The van der Waals surface area contributed by atoms with Crippen molar-refractivity contribution in [2.24, 2.45) is 12.8 Å². The second-order valence-corrected chi connectivity index (χ2v) is 6.73. The molecule has 0 fully saturated rings. The SMILES string of the molecule is CCOC(=O)c1c(NC(=O)CSc2nnnn2C)sc(C(N)=O)c1C. The first-order chi connectivity index (χ1) is 11.8. The number of anilines is 1. The van der Waals surface area contributed by atoms with Crippen LogP contribution in [-0.4, -0.2) is 50.4 Å². The number of aromatic nitrogens is 4. The number of carbonyl (C=O) groups is 3. The Morgan fingerprint density at radius 3 is 2.68 bits per heavy atom. The Kier molecular flexibility index (Phi) is 6.09. The quantitative estimate of drug-likeness (QED) is 0.521. The van der Waals surface area contributed by atoms with E-state index in [-0.39, 0.29) is 33.7 Å². The fourth-order valence-electron chi connectivity index (χ4n) is 1.92. The van der Waals surface area contributed by atoms with E-state index >= 15 is 0 Å². The second-order valence-electron chi connectivity index (χ2n) is 4.77. The molecule has 10 nitrogen and oxygen atoms in total. The van der Waals surface area contributed by atoms with Crippen molar-refractivity contribution in [1.29, 1.82) is 0 Å². The van der Waals surface area contributed by atoms with E-state index < -0.39 is 11.9 Å². The van der Waals surface area contributed by atoms with Crippen LogP contribution in [0.2, 0.25) is 0 Å². The number of esters is 1. The van der Waals surface area contributed by atoms with Gasteiger partial charge in [-0.15, -0.1) is 16.4 Å². The maximum Gasteiger partial charge on any atom is 0.341 e. The topological polar surface area (TPSA) is 142 Å². The monoisotopic (exact) mass is 384 g/mol. The smallest absolute Gasteiger partial charge is 0.341 e. The highest BCUT2D eigenvalue weighted by atomic mass is 32.2. The largest absolute Gasteiger partial charge is 0.462 e. The Morgan fingerprint density at radius 2 is 2.12 bits per heavy atom. The van der Waals surface area contributed by atoms with Gasteiger partial charge in [-0.2, -0.15) is 0 Å². The van der Waals surface area contributed by atoms with Gasteiger partial charge in [0.25, 0.3) is 5.91 Å². The molecular formula is C13H16N6O4S2. The molecule has 0 saturated heterocycles. The molecule has 2 amide bonds. The maximum absolute atomic E-state index is 12.2. The summed E-state index contributed by atoms with van der Waals surface area (Å²) < 4.78 is 6.42. The Labute approximate surface area is 151 Å². The number of carbonyl (C=O) groups excluding carboxylic acids is 3. The first-order valence-electron chi connectivity index (χ1n) is 7.10. The summed E-state index contributed by atoms with van der Waals surface area (Å²) in [4.78, 5) is 36.0. The van der Waals surface area contributed by atoms with Crippen molar-refractivity contribution in [3.05, 3.63) is 16.0 Å². The number of thioether (sulfide) groups is 1. The highest BCUT2D eigenvalue weighted by Crippen LogP contribution is 2.33.